The van der Waals surface area contributed by atoms with E-state index in [1.165, 1.54) is 17.3 Å². The Morgan fingerprint density at radius 1 is 1.15 bits per heavy atom. The zero-order valence-corrected chi connectivity index (χ0v) is 26.0. The number of carbonyl (C=O) groups is 1. The normalized spacial score (nSPS) is 19.7. The standard InChI is InChI=1S/C30H31F4N7O4S/c1-16-7-8-22(25(18(3)28(42)43)21-9-11-41-26(17(21)2)37-38-29(41)30(32,33)34)36-23(16)15-39-14-20-6-4-5-10-40(20)27-24(46(39,44)45)12-19(31)13-35-27/h7-9,11-13,18,20,25H,4-6,10,14-15H2,1-3H3,(H,42,43)/t18?,20-,25-/m0/s1. The fourth-order valence-electron chi connectivity index (χ4n) is 6.45. The van der Waals surface area contributed by atoms with Crippen molar-refractivity contribution < 1.29 is 35.9 Å². The van der Waals surface area contributed by atoms with E-state index in [0.29, 0.717) is 28.9 Å². The van der Waals surface area contributed by atoms with Crippen LogP contribution < -0.4 is 4.90 Å². The fourth-order valence-corrected chi connectivity index (χ4v) is 8.05. The topological polar surface area (TPSA) is 134 Å². The summed E-state index contributed by atoms with van der Waals surface area (Å²) < 4.78 is 85.0. The van der Waals surface area contributed by atoms with Gasteiger partial charge in [-0.15, -0.1) is 10.2 Å². The molecule has 3 atom stereocenters. The molecule has 16 heteroatoms. The highest BCUT2D eigenvalue weighted by Crippen LogP contribution is 2.38. The lowest BCUT2D eigenvalue weighted by Gasteiger charge is -2.36. The lowest BCUT2D eigenvalue weighted by molar-refractivity contribution is -0.145. The third-order valence-corrected chi connectivity index (χ3v) is 10.8. The smallest absolute Gasteiger partial charge is 0.452 e. The van der Waals surface area contributed by atoms with Gasteiger partial charge in [0.15, 0.2) is 5.65 Å². The van der Waals surface area contributed by atoms with E-state index < -0.39 is 45.6 Å². The number of fused-ring (bicyclic) bond motifs is 4. The molecule has 0 radical (unpaired) electrons. The van der Waals surface area contributed by atoms with E-state index in [-0.39, 0.29) is 41.2 Å². The second-order valence-corrected chi connectivity index (χ2v) is 13.7. The van der Waals surface area contributed by atoms with Gasteiger partial charge in [0.1, 0.15) is 16.5 Å². The van der Waals surface area contributed by atoms with Crippen LogP contribution in [0.5, 0.6) is 0 Å². The summed E-state index contributed by atoms with van der Waals surface area (Å²) in [5.74, 6) is -4.93. The minimum Gasteiger partial charge on any atom is -0.481 e. The molecule has 6 rings (SSSR count). The van der Waals surface area contributed by atoms with Gasteiger partial charge < -0.3 is 10.0 Å². The number of alkyl halides is 3. The van der Waals surface area contributed by atoms with Crippen LogP contribution in [-0.4, -0.2) is 67.5 Å². The van der Waals surface area contributed by atoms with Crippen molar-refractivity contribution in [2.45, 2.75) is 69.6 Å². The lowest BCUT2D eigenvalue weighted by atomic mass is 9.82. The Morgan fingerprint density at radius 3 is 2.63 bits per heavy atom. The first kappa shape index (κ1) is 31.8. The van der Waals surface area contributed by atoms with Gasteiger partial charge in [-0.25, -0.2) is 17.8 Å². The number of pyridine rings is 3. The van der Waals surface area contributed by atoms with E-state index >= 15 is 0 Å². The molecule has 2 aliphatic heterocycles. The molecule has 0 aromatic carbocycles. The average molecular weight is 662 g/mol. The molecule has 0 amide bonds. The summed E-state index contributed by atoms with van der Waals surface area (Å²) in [6, 6.07) is 5.54. The van der Waals surface area contributed by atoms with Crippen LogP contribution in [0.4, 0.5) is 23.4 Å². The van der Waals surface area contributed by atoms with Gasteiger partial charge in [-0.05, 0) is 68.0 Å². The van der Waals surface area contributed by atoms with E-state index in [1.54, 1.807) is 26.0 Å². The number of carboxylic acid groups (broad SMARTS) is 1. The molecule has 4 aromatic heterocycles. The number of hydrogen-bond donors (Lipinski definition) is 1. The Morgan fingerprint density at radius 2 is 1.91 bits per heavy atom. The minimum absolute atomic E-state index is 0.0769. The van der Waals surface area contributed by atoms with Gasteiger partial charge in [0.2, 0.25) is 15.8 Å². The van der Waals surface area contributed by atoms with Crippen molar-refractivity contribution in [3.05, 3.63) is 76.4 Å². The first-order valence-corrected chi connectivity index (χ1v) is 16.2. The molecule has 244 valence electrons. The molecule has 2 aliphatic rings. The summed E-state index contributed by atoms with van der Waals surface area (Å²) in [5, 5.41) is 17.1. The first-order chi connectivity index (χ1) is 21.7. The molecule has 0 bridgehead atoms. The highest BCUT2D eigenvalue weighted by molar-refractivity contribution is 7.89. The molecule has 1 saturated heterocycles. The quantitative estimate of drug-likeness (QED) is 0.292. The van der Waals surface area contributed by atoms with Gasteiger partial charge >= 0.3 is 12.1 Å². The van der Waals surface area contributed by atoms with Crippen molar-refractivity contribution in [3.63, 3.8) is 0 Å². The summed E-state index contributed by atoms with van der Waals surface area (Å²) in [6.07, 6.45) is -0.126. The van der Waals surface area contributed by atoms with Crippen molar-refractivity contribution >= 4 is 27.5 Å². The predicted molar refractivity (Wildman–Crippen MR) is 157 cm³/mol. The summed E-state index contributed by atoms with van der Waals surface area (Å²) in [5.41, 5.74) is 1.90. The molecule has 11 nitrogen and oxygen atoms in total. The van der Waals surface area contributed by atoms with Crippen LogP contribution in [-0.2, 0) is 27.5 Å². The number of aliphatic carboxylic acids is 1. The maximum absolute atomic E-state index is 14.4. The molecule has 0 saturated carbocycles. The SMILES string of the molecule is Cc1ccc([C@H](c2ccn3c(C(F)(F)F)nnc3c2C)C(C)C(=O)O)nc1CN1C[C@@H]2CCCCN2c2ncc(F)cc2S1(=O)=O. The Labute approximate surface area is 262 Å². The number of halogens is 4. The molecular formula is C30H31F4N7O4S. The molecule has 0 spiro atoms. The Hall–Kier alpha value is -4.18. The zero-order chi connectivity index (χ0) is 33.1. The monoisotopic (exact) mass is 661 g/mol. The summed E-state index contributed by atoms with van der Waals surface area (Å²) in [6.45, 7) is 5.29. The molecular weight excluding hydrogens is 630 g/mol. The van der Waals surface area contributed by atoms with Crippen molar-refractivity contribution in [1.29, 1.82) is 0 Å². The number of carboxylic acids is 1. The highest BCUT2D eigenvalue weighted by Gasteiger charge is 2.41. The highest BCUT2D eigenvalue weighted by atomic mass is 32.2. The van der Waals surface area contributed by atoms with Crippen LogP contribution in [0.2, 0.25) is 0 Å². The van der Waals surface area contributed by atoms with E-state index in [2.05, 4.69) is 15.2 Å². The predicted octanol–water partition coefficient (Wildman–Crippen LogP) is 4.71. The van der Waals surface area contributed by atoms with Gasteiger partial charge in [-0.2, -0.15) is 17.5 Å². The van der Waals surface area contributed by atoms with Crippen LogP contribution in [0.1, 0.15) is 66.0 Å². The minimum atomic E-state index is -4.75. The lowest BCUT2D eigenvalue weighted by Crippen LogP contribution is -2.45. The number of anilines is 1. The Kier molecular flexibility index (Phi) is 7.99. The largest absolute Gasteiger partial charge is 0.481 e. The van der Waals surface area contributed by atoms with Crippen molar-refractivity contribution in [3.8, 4) is 0 Å². The second-order valence-electron chi connectivity index (χ2n) is 11.8. The summed E-state index contributed by atoms with van der Waals surface area (Å²) in [4.78, 5) is 23.0. The van der Waals surface area contributed by atoms with E-state index in [9.17, 15) is 35.9 Å². The Bertz CT molecular complexity index is 1950. The maximum atomic E-state index is 14.4. The fraction of sp³-hybridized carbons (Fsp3) is 0.433. The van der Waals surface area contributed by atoms with Gasteiger partial charge in [-0.3, -0.25) is 14.2 Å². The number of aromatic nitrogens is 5. The molecule has 1 N–H and O–H groups in total. The molecule has 6 heterocycles. The zero-order valence-electron chi connectivity index (χ0n) is 25.2. The van der Waals surface area contributed by atoms with Crippen molar-refractivity contribution in [1.82, 2.24) is 28.9 Å². The van der Waals surface area contributed by atoms with Crippen LogP contribution in [0.3, 0.4) is 0 Å². The third kappa shape index (κ3) is 5.46. The van der Waals surface area contributed by atoms with E-state index in [1.807, 2.05) is 4.90 Å². The average Bonchev–Trinajstić information content (AvgIpc) is 3.42. The maximum Gasteiger partial charge on any atom is 0.452 e. The number of sulfonamides is 1. The second kappa shape index (κ2) is 11.6. The number of nitrogens with zero attached hydrogens (tertiary/aromatic N) is 7. The number of aryl methyl sites for hydroxylation is 2. The number of hydrogen-bond acceptors (Lipinski definition) is 8. The first-order valence-electron chi connectivity index (χ1n) is 14.7. The number of rotatable bonds is 6. The van der Waals surface area contributed by atoms with Gasteiger partial charge in [0.25, 0.3) is 0 Å². The molecule has 1 fully saturated rings. The van der Waals surface area contributed by atoms with E-state index in [4.69, 9.17) is 4.98 Å². The van der Waals surface area contributed by atoms with Crippen molar-refractivity contribution in [2.24, 2.45) is 5.92 Å². The van der Waals surface area contributed by atoms with Crippen LogP contribution in [0.15, 0.2) is 41.6 Å². The van der Waals surface area contributed by atoms with Crippen LogP contribution >= 0.6 is 0 Å². The number of piperidine rings is 1. The molecule has 1 unspecified atom stereocenters. The molecule has 4 aromatic rings. The van der Waals surface area contributed by atoms with Gasteiger partial charge in [0.05, 0.1) is 24.4 Å². The molecule has 0 aliphatic carbocycles. The van der Waals surface area contributed by atoms with Crippen LogP contribution in [0, 0.1) is 25.6 Å². The van der Waals surface area contributed by atoms with Gasteiger partial charge in [0, 0.05) is 36.9 Å². The van der Waals surface area contributed by atoms with E-state index in [0.717, 1.165) is 42.1 Å². The summed E-state index contributed by atoms with van der Waals surface area (Å²) in [7, 11) is -4.23. The molecule has 46 heavy (non-hydrogen) atoms. The summed E-state index contributed by atoms with van der Waals surface area (Å²) >= 11 is 0. The third-order valence-electron chi connectivity index (χ3n) is 8.94. The van der Waals surface area contributed by atoms with Crippen LogP contribution in [0.25, 0.3) is 5.65 Å². The Balaban J connectivity index is 1.43. The van der Waals surface area contributed by atoms with Gasteiger partial charge in [-0.1, -0.05) is 13.0 Å². The van der Waals surface area contributed by atoms with Crippen molar-refractivity contribution in [2.75, 3.05) is 18.0 Å².